The van der Waals surface area contributed by atoms with E-state index in [2.05, 4.69) is 31.2 Å². The summed E-state index contributed by atoms with van der Waals surface area (Å²) in [5.74, 6) is 0.656. The van der Waals surface area contributed by atoms with Crippen molar-refractivity contribution in [2.45, 2.75) is 6.54 Å². The van der Waals surface area contributed by atoms with Gasteiger partial charge >= 0.3 is 0 Å². The average Bonchev–Trinajstić information content (AvgIpc) is 2.37. The Bertz CT molecular complexity index is 576. The van der Waals surface area contributed by atoms with Crippen LogP contribution >= 0.6 is 15.9 Å². The number of anilines is 1. The van der Waals surface area contributed by atoms with E-state index in [4.69, 9.17) is 0 Å². The second kappa shape index (κ2) is 5.54. The highest BCUT2D eigenvalue weighted by molar-refractivity contribution is 9.10. The number of hydrogen-bond donors (Lipinski definition) is 1. The van der Waals surface area contributed by atoms with Crippen LogP contribution < -0.4 is 5.32 Å². The molecule has 92 valence electrons. The Morgan fingerprint density at radius 3 is 2.89 bits per heavy atom. The second-order valence-electron chi connectivity index (χ2n) is 3.51. The van der Waals surface area contributed by atoms with Gasteiger partial charge in [0.25, 0.3) is 5.69 Å². The van der Waals surface area contributed by atoms with Crippen LogP contribution in [0.4, 0.5) is 11.5 Å². The predicted octanol–water partition coefficient (Wildman–Crippen LogP) is 2.76. The summed E-state index contributed by atoms with van der Waals surface area (Å²) in [6, 6.07) is 8.20. The number of benzene rings is 1. The molecular formula is C11H9BrN4O2. The number of aromatic nitrogens is 2. The number of rotatable bonds is 4. The summed E-state index contributed by atoms with van der Waals surface area (Å²) < 4.78 is 0.680. The number of halogens is 1. The van der Waals surface area contributed by atoms with Crippen LogP contribution in [-0.4, -0.2) is 14.9 Å². The molecular weight excluding hydrogens is 300 g/mol. The molecule has 7 heteroatoms. The molecule has 0 fully saturated rings. The number of nitrogens with zero attached hydrogens (tertiary/aromatic N) is 3. The number of non-ortho nitro benzene ring substituents is 1. The largest absolute Gasteiger partial charge is 0.366 e. The lowest BCUT2D eigenvalue weighted by atomic mass is 10.2. The predicted molar refractivity (Wildman–Crippen MR) is 70.2 cm³/mol. The Hall–Kier alpha value is -2.02. The first kappa shape index (κ1) is 12.4. The van der Waals surface area contributed by atoms with Gasteiger partial charge in [-0.3, -0.25) is 10.1 Å². The number of nitro groups is 1. The van der Waals surface area contributed by atoms with Gasteiger partial charge in [0.1, 0.15) is 16.7 Å². The summed E-state index contributed by atoms with van der Waals surface area (Å²) in [5, 5.41) is 13.7. The molecule has 0 unspecified atom stereocenters. The number of nitro benzene ring substituents is 1. The third-order valence-electron chi connectivity index (χ3n) is 2.23. The zero-order valence-electron chi connectivity index (χ0n) is 9.21. The normalized spacial score (nSPS) is 10.1. The smallest absolute Gasteiger partial charge is 0.269 e. The van der Waals surface area contributed by atoms with Gasteiger partial charge in [-0.15, -0.1) is 0 Å². The van der Waals surface area contributed by atoms with Crippen molar-refractivity contribution in [3.8, 4) is 0 Å². The fourth-order valence-electron chi connectivity index (χ4n) is 1.40. The molecule has 1 aromatic heterocycles. The van der Waals surface area contributed by atoms with Gasteiger partial charge in [-0.25, -0.2) is 9.97 Å². The van der Waals surface area contributed by atoms with Crippen molar-refractivity contribution in [3.63, 3.8) is 0 Å². The van der Waals surface area contributed by atoms with Crippen molar-refractivity contribution < 1.29 is 4.92 Å². The molecule has 0 aliphatic rings. The van der Waals surface area contributed by atoms with Gasteiger partial charge in [0.05, 0.1) is 4.92 Å². The van der Waals surface area contributed by atoms with Crippen molar-refractivity contribution in [1.82, 2.24) is 9.97 Å². The van der Waals surface area contributed by atoms with Crippen LogP contribution in [0.2, 0.25) is 0 Å². The summed E-state index contributed by atoms with van der Waals surface area (Å²) in [4.78, 5) is 18.2. The van der Waals surface area contributed by atoms with Gasteiger partial charge in [-0.05, 0) is 21.5 Å². The summed E-state index contributed by atoms with van der Waals surface area (Å²) in [6.07, 6.45) is 1.43. The molecule has 2 rings (SSSR count). The molecule has 0 saturated carbocycles. The summed E-state index contributed by atoms with van der Waals surface area (Å²) >= 11 is 3.24. The van der Waals surface area contributed by atoms with Crippen molar-refractivity contribution in [1.29, 1.82) is 0 Å². The van der Waals surface area contributed by atoms with E-state index < -0.39 is 4.92 Å². The standard InChI is InChI=1S/C11H9BrN4O2/c12-10-5-11(15-7-14-10)13-6-8-2-1-3-9(4-8)16(17)18/h1-5,7H,6H2,(H,13,14,15). The monoisotopic (exact) mass is 308 g/mol. The lowest BCUT2D eigenvalue weighted by Crippen LogP contribution is -2.02. The van der Waals surface area contributed by atoms with Crippen LogP contribution in [0.1, 0.15) is 5.56 Å². The first-order valence-electron chi connectivity index (χ1n) is 5.10. The minimum Gasteiger partial charge on any atom is -0.366 e. The van der Waals surface area contributed by atoms with Crippen LogP contribution in [0.3, 0.4) is 0 Å². The first-order chi connectivity index (χ1) is 8.65. The van der Waals surface area contributed by atoms with Crippen LogP contribution in [0.15, 0.2) is 41.3 Å². The Balaban J connectivity index is 2.06. The summed E-state index contributed by atoms with van der Waals surface area (Å²) in [5.41, 5.74) is 0.900. The van der Waals surface area contributed by atoms with Crippen LogP contribution in [-0.2, 0) is 6.54 Å². The molecule has 0 radical (unpaired) electrons. The zero-order valence-corrected chi connectivity index (χ0v) is 10.8. The second-order valence-corrected chi connectivity index (χ2v) is 4.32. The van der Waals surface area contributed by atoms with Gasteiger partial charge in [0.2, 0.25) is 0 Å². The van der Waals surface area contributed by atoms with E-state index in [9.17, 15) is 10.1 Å². The Morgan fingerprint density at radius 2 is 2.17 bits per heavy atom. The minimum atomic E-state index is -0.412. The molecule has 0 saturated heterocycles. The third-order valence-corrected chi connectivity index (χ3v) is 2.66. The molecule has 1 N–H and O–H groups in total. The van der Waals surface area contributed by atoms with Gasteiger partial charge in [-0.1, -0.05) is 12.1 Å². The van der Waals surface area contributed by atoms with E-state index in [1.807, 2.05) is 6.07 Å². The average molecular weight is 309 g/mol. The van der Waals surface area contributed by atoms with E-state index in [0.29, 0.717) is 17.0 Å². The van der Waals surface area contributed by atoms with Gasteiger partial charge < -0.3 is 5.32 Å². The molecule has 1 heterocycles. The Labute approximate surface area is 111 Å². The summed E-state index contributed by atoms with van der Waals surface area (Å²) in [7, 11) is 0. The summed E-state index contributed by atoms with van der Waals surface area (Å²) in [6.45, 7) is 0.463. The molecule has 6 nitrogen and oxygen atoms in total. The highest BCUT2D eigenvalue weighted by Gasteiger charge is 2.05. The molecule has 0 amide bonds. The van der Waals surface area contributed by atoms with E-state index in [1.165, 1.54) is 18.5 Å². The first-order valence-corrected chi connectivity index (χ1v) is 5.89. The van der Waals surface area contributed by atoms with Crippen molar-refractivity contribution in [3.05, 3.63) is 56.9 Å². The maximum Gasteiger partial charge on any atom is 0.269 e. The highest BCUT2D eigenvalue weighted by Crippen LogP contribution is 2.15. The van der Waals surface area contributed by atoms with Gasteiger partial charge in [0.15, 0.2) is 0 Å². The molecule has 0 aliphatic heterocycles. The van der Waals surface area contributed by atoms with Crippen LogP contribution in [0, 0.1) is 10.1 Å². The highest BCUT2D eigenvalue weighted by atomic mass is 79.9. The molecule has 1 aromatic carbocycles. The van der Waals surface area contributed by atoms with E-state index in [0.717, 1.165) is 5.56 Å². The van der Waals surface area contributed by atoms with Gasteiger partial charge in [0, 0.05) is 24.7 Å². The van der Waals surface area contributed by atoms with Crippen LogP contribution in [0.25, 0.3) is 0 Å². The molecule has 0 aliphatic carbocycles. The van der Waals surface area contributed by atoms with Crippen molar-refractivity contribution in [2.24, 2.45) is 0 Å². The lowest BCUT2D eigenvalue weighted by Gasteiger charge is -2.05. The quantitative estimate of drug-likeness (QED) is 0.533. The van der Waals surface area contributed by atoms with E-state index >= 15 is 0 Å². The molecule has 0 bridgehead atoms. The fourth-order valence-corrected chi connectivity index (χ4v) is 1.71. The fraction of sp³-hybridized carbons (Fsp3) is 0.0909. The molecule has 0 spiro atoms. The Kier molecular flexibility index (Phi) is 3.83. The molecule has 0 atom stereocenters. The topological polar surface area (TPSA) is 81.0 Å². The number of nitrogens with one attached hydrogen (secondary N) is 1. The van der Waals surface area contributed by atoms with Crippen molar-refractivity contribution in [2.75, 3.05) is 5.32 Å². The minimum absolute atomic E-state index is 0.0816. The maximum absolute atomic E-state index is 10.6. The van der Waals surface area contributed by atoms with E-state index in [-0.39, 0.29) is 5.69 Å². The van der Waals surface area contributed by atoms with E-state index in [1.54, 1.807) is 12.1 Å². The molecule has 2 aromatic rings. The number of hydrogen-bond acceptors (Lipinski definition) is 5. The zero-order chi connectivity index (χ0) is 13.0. The SMILES string of the molecule is O=[N+]([O-])c1cccc(CNc2cc(Br)ncn2)c1. The Morgan fingerprint density at radius 1 is 1.33 bits per heavy atom. The van der Waals surface area contributed by atoms with Crippen molar-refractivity contribution >= 4 is 27.4 Å². The maximum atomic E-state index is 10.6. The molecule has 18 heavy (non-hydrogen) atoms. The van der Waals surface area contributed by atoms with Crippen LogP contribution in [0.5, 0.6) is 0 Å². The lowest BCUT2D eigenvalue weighted by molar-refractivity contribution is -0.384. The third kappa shape index (κ3) is 3.24. The van der Waals surface area contributed by atoms with Gasteiger partial charge in [-0.2, -0.15) is 0 Å².